The SMILES string of the molecule is CN(Cc1ccccc1)CC1CCCC=C1c1ccc(CCN2CCCC2)cc1. The van der Waals surface area contributed by atoms with Gasteiger partial charge in [0.25, 0.3) is 0 Å². The molecule has 0 saturated carbocycles. The third-order valence-corrected chi connectivity index (χ3v) is 6.59. The fourth-order valence-corrected chi connectivity index (χ4v) is 4.98. The minimum absolute atomic E-state index is 0.646. The second-order valence-corrected chi connectivity index (χ2v) is 8.97. The molecule has 0 N–H and O–H groups in total. The van der Waals surface area contributed by atoms with E-state index in [2.05, 4.69) is 77.5 Å². The monoisotopic (exact) mass is 388 g/mol. The molecule has 1 aliphatic carbocycles. The molecule has 0 bridgehead atoms. The third kappa shape index (κ3) is 5.81. The molecular weight excluding hydrogens is 352 g/mol. The Bertz CT molecular complexity index is 772. The van der Waals surface area contributed by atoms with Crippen molar-refractivity contribution in [1.82, 2.24) is 9.80 Å². The zero-order valence-electron chi connectivity index (χ0n) is 18.0. The lowest BCUT2D eigenvalue weighted by Crippen LogP contribution is -2.27. The number of likely N-dealkylation sites (tertiary alicyclic amines) is 1. The maximum atomic E-state index is 2.61. The van der Waals surface area contributed by atoms with E-state index in [-0.39, 0.29) is 0 Å². The molecule has 4 rings (SSSR count). The average Bonchev–Trinajstić information content (AvgIpc) is 3.27. The summed E-state index contributed by atoms with van der Waals surface area (Å²) in [6.07, 6.45) is 10.3. The van der Waals surface area contributed by atoms with Crippen molar-refractivity contribution in [3.05, 3.63) is 77.4 Å². The topological polar surface area (TPSA) is 6.48 Å². The van der Waals surface area contributed by atoms with E-state index in [4.69, 9.17) is 0 Å². The summed E-state index contributed by atoms with van der Waals surface area (Å²) in [5.74, 6) is 0.646. The summed E-state index contributed by atoms with van der Waals surface area (Å²) in [6.45, 7) is 5.97. The number of allylic oxidation sites excluding steroid dienone is 1. The van der Waals surface area contributed by atoms with Gasteiger partial charge in [-0.3, -0.25) is 0 Å². The fourth-order valence-electron chi connectivity index (χ4n) is 4.98. The maximum absolute atomic E-state index is 2.61. The first-order valence-electron chi connectivity index (χ1n) is 11.5. The summed E-state index contributed by atoms with van der Waals surface area (Å²) >= 11 is 0. The smallest absolute Gasteiger partial charge is 0.0230 e. The molecule has 2 nitrogen and oxygen atoms in total. The van der Waals surface area contributed by atoms with E-state index in [1.54, 1.807) is 5.57 Å². The number of rotatable bonds is 8. The third-order valence-electron chi connectivity index (χ3n) is 6.59. The van der Waals surface area contributed by atoms with Crippen LogP contribution in [0.4, 0.5) is 0 Å². The zero-order chi connectivity index (χ0) is 19.9. The lowest BCUT2D eigenvalue weighted by Gasteiger charge is -2.29. The van der Waals surface area contributed by atoms with Gasteiger partial charge in [-0.1, -0.05) is 60.7 Å². The van der Waals surface area contributed by atoms with Crippen molar-refractivity contribution in [2.45, 2.75) is 45.1 Å². The van der Waals surface area contributed by atoms with E-state index in [9.17, 15) is 0 Å². The van der Waals surface area contributed by atoms with Crippen LogP contribution in [-0.2, 0) is 13.0 Å². The highest BCUT2D eigenvalue weighted by molar-refractivity contribution is 5.68. The van der Waals surface area contributed by atoms with Crippen LogP contribution in [0.2, 0.25) is 0 Å². The van der Waals surface area contributed by atoms with Crippen LogP contribution < -0.4 is 0 Å². The number of hydrogen-bond acceptors (Lipinski definition) is 2. The standard InChI is InChI=1S/C27H36N2/c1-28(21-24-9-3-2-4-10-24)22-26-11-5-6-12-27(26)25-15-13-23(14-16-25)17-20-29-18-7-8-19-29/h2-4,9-10,12-16,26H,5-8,11,17-22H2,1H3. The first kappa shape index (κ1) is 20.4. The highest BCUT2D eigenvalue weighted by atomic mass is 15.1. The van der Waals surface area contributed by atoms with E-state index in [1.807, 2.05) is 0 Å². The van der Waals surface area contributed by atoms with Crippen LogP contribution in [0.1, 0.15) is 48.8 Å². The minimum atomic E-state index is 0.646. The second kappa shape index (κ2) is 10.2. The molecule has 29 heavy (non-hydrogen) atoms. The van der Waals surface area contributed by atoms with Crippen molar-refractivity contribution in [1.29, 1.82) is 0 Å². The van der Waals surface area contributed by atoms with Gasteiger partial charge in [-0.2, -0.15) is 0 Å². The summed E-state index contributed by atoms with van der Waals surface area (Å²) in [4.78, 5) is 5.10. The predicted octanol–water partition coefficient (Wildman–Crippen LogP) is 5.64. The Hall–Kier alpha value is -1.90. The van der Waals surface area contributed by atoms with Crippen molar-refractivity contribution in [2.24, 2.45) is 5.92 Å². The molecule has 0 aromatic heterocycles. The lowest BCUT2D eigenvalue weighted by molar-refractivity contribution is 0.285. The average molecular weight is 389 g/mol. The van der Waals surface area contributed by atoms with Crippen molar-refractivity contribution in [3.63, 3.8) is 0 Å². The molecule has 1 atom stereocenters. The van der Waals surface area contributed by atoms with Crippen LogP contribution in [0.3, 0.4) is 0 Å². The van der Waals surface area contributed by atoms with Crippen molar-refractivity contribution in [2.75, 3.05) is 33.2 Å². The van der Waals surface area contributed by atoms with Crippen molar-refractivity contribution in [3.8, 4) is 0 Å². The van der Waals surface area contributed by atoms with Gasteiger partial charge in [-0.25, -0.2) is 0 Å². The number of hydrogen-bond donors (Lipinski definition) is 0. The Morgan fingerprint density at radius 3 is 2.41 bits per heavy atom. The van der Waals surface area contributed by atoms with Crippen molar-refractivity contribution >= 4 is 5.57 Å². The summed E-state index contributed by atoms with van der Waals surface area (Å²) in [7, 11) is 2.26. The Morgan fingerprint density at radius 1 is 0.897 bits per heavy atom. The molecule has 1 aliphatic heterocycles. The van der Waals surface area contributed by atoms with Gasteiger partial charge >= 0.3 is 0 Å². The van der Waals surface area contributed by atoms with E-state index in [0.717, 1.165) is 13.1 Å². The molecule has 2 aromatic carbocycles. The first-order valence-corrected chi connectivity index (χ1v) is 11.5. The Kier molecular flexibility index (Phi) is 7.18. The van der Waals surface area contributed by atoms with E-state index in [1.165, 1.54) is 74.8 Å². The van der Waals surface area contributed by atoms with Gasteiger partial charge in [0, 0.05) is 19.6 Å². The fraction of sp³-hybridized carbons (Fsp3) is 0.481. The zero-order valence-corrected chi connectivity index (χ0v) is 18.0. The number of nitrogens with zero attached hydrogens (tertiary/aromatic N) is 2. The van der Waals surface area contributed by atoms with E-state index < -0.39 is 0 Å². The van der Waals surface area contributed by atoms with Crippen LogP contribution in [-0.4, -0.2) is 43.0 Å². The maximum Gasteiger partial charge on any atom is 0.0230 e. The van der Waals surface area contributed by atoms with Crippen LogP contribution in [0.5, 0.6) is 0 Å². The highest BCUT2D eigenvalue weighted by Gasteiger charge is 2.21. The molecule has 154 valence electrons. The summed E-state index contributed by atoms with van der Waals surface area (Å²) in [6, 6.07) is 20.3. The quantitative estimate of drug-likeness (QED) is 0.577. The molecule has 0 spiro atoms. The molecular formula is C27H36N2. The molecule has 0 radical (unpaired) electrons. The lowest BCUT2D eigenvalue weighted by atomic mass is 9.83. The molecule has 1 heterocycles. The normalized spacial score (nSPS) is 20.2. The van der Waals surface area contributed by atoms with Gasteiger partial charge in [0.1, 0.15) is 0 Å². The van der Waals surface area contributed by atoms with Gasteiger partial charge < -0.3 is 9.80 Å². The van der Waals surface area contributed by atoms with Crippen LogP contribution in [0.15, 0.2) is 60.7 Å². The Morgan fingerprint density at radius 2 is 1.66 bits per heavy atom. The highest BCUT2D eigenvalue weighted by Crippen LogP contribution is 2.33. The van der Waals surface area contributed by atoms with Crippen molar-refractivity contribution < 1.29 is 0 Å². The first-order chi connectivity index (χ1) is 14.3. The summed E-state index contributed by atoms with van der Waals surface area (Å²) < 4.78 is 0. The van der Waals surface area contributed by atoms with Gasteiger partial charge in [-0.15, -0.1) is 0 Å². The molecule has 2 aromatic rings. The van der Waals surface area contributed by atoms with Gasteiger partial charge in [-0.05, 0) is 86.8 Å². The molecule has 1 unspecified atom stereocenters. The van der Waals surface area contributed by atoms with Gasteiger partial charge in [0.2, 0.25) is 0 Å². The molecule has 0 amide bonds. The van der Waals surface area contributed by atoms with E-state index >= 15 is 0 Å². The molecule has 2 heteroatoms. The van der Waals surface area contributed by atoms with Gasteiger partial charge in [0.05, 0.1) is 0 Å². The summed E-state index contributed by atoms with van der Waals surface area (Å²) in [5.41, 5.74) is 5.89. The van der Waals surface area contributed by atoms with E-state index in [0.29, 0.717) is 5.92 Å². The van der Waals surface area contributed by atoms with Crippen LogP contribution >= 0.6 is 0 Å². The second-order valence-electron chi connectivity index (χ2n) is 8.97. The van der Waals surface area contributed by atoms with Crippen LogP contribution in [0.25, 0.3) is 5.57 Å². The Labute approximate surface area is 177 Å². The largest absolute Gasteiger partial charge is 0.303 e. The minimum Gasteiger partial charge on any atom is -0.303 e. The molecule has 2 aliphatic rings. The summed E-state index contributed by atoms with van der Waals surface area (Å²) in [5, 5.41) is 0. The van der Waals surface area contributed by atoms with Gasteiger partial charge in [0.15, 0.2) is 0 Å². The number of benzene rings is 2. The Balaban J connectivity index is 1.36. The molecule has 1 fully saturated rings. The molecule has 1 saturated heterocycles. The van der Waals surface area contributed by atoms with Crippen LogP contribution in [0, 0.1) is 5.92 Å². The predicted molar refractivity (Wildman–Crippen MR) is 124 cm³/mol.